The molecule has 4 nitrogen and oxygen atoms in total. The van der Waals surface area contributed by atoms with Gasteiger partial charge in [0.1, 0.15) is 5.60 Å². The Labute approximate surface area is 120 Å². The van der Waals surface area contributed by atoms with Gasteiger partial charge < -0.3 is 19.5 Å². The first-order chi connectivity index (χ1) is 9.70. The molecule has 1 aliphatic rings. The largest absolute Gasteiger partial charge is 0.493 e. The van der Waals surface area contributed by atoms with Crippen LogP contribution in [-0.4, -0.2) is 27.8 Å². The Bertz CT molecular complexity index is 499. The van der Waals surface area contributed by atoms with E-state index in [1.165, 1.54) is 0 Å². The summed E-state index contributed by atoms with van der Waals surface area (Å²) >= 11 is 0. The van der Waals surface area contributed by atoms with E-state index in [9.17, 15) is 0 Å². The fourth-order valence-corrected chi connectivity index (χ4v) is 2.70. The Morgan fingerprint density at radius 1 is 1.20 bits per heavy atom. The van der Waals surface area contributed by atoms with Crippen LogP contribution in [0.15, 0.2) is 18.4 Å². The molecular weight excluding hydrogens is 254 g/mol. The summed E-state index contributed by atoms with van der Waals surface area (Å²) < 4.78 is 16.8. The second-order valence-electron chi connectivity index (χ2n) is 4.92. The van der Waals surface area contributed by atoms with Gasteiger partial charge in [0, 0.05) is 12.0 Å². The fraction of sp³-hybridized carbons (Fsp3) is 0.500. The maximum absolute atomic E-state index is 6.00. The molecule has 0 spiro atoms. The molecule has 0 radical (unpaired) electrons. The van der Waals surface area contributed by atoms with Crippen molar-refractivity contribution >= 4 is 6.08 Å². The molecule has 2 rings (SSSR count). The van der Waals surface area contributed by atoms with Crippen LogP contribution < -0.4 is 14.8 Å². The van der Waals surface area contributed by atoms with E-state index in [1.54, 1.807) is 20.5 Å². The predicted octanol–water partition coefficient (Wildman–Crippen LogP) is 2.92. The van der Waals surface area contributed by atoms with Crippen LogP contribution in [0.3, 0.4) is 0 Å². The van der Waals surface area contributed by atoms with E-state index in [4.69, 9.17) is 14.2 Å². The molecule has 0 saturated carbocycles. The number of nitrogens with one attached hydrogen (secondary N) is 1. The van der Waals surface area contributed by atoms with Crippen molar-refractivity contribution in [2.45, 2.75) is 25.4 Å². The molecule has 0 fully saturated rings. The molecule has 0 aromatic heterocycles. The number of rotatable bonds is 6. The predicted molar refractivity (Wildman–Crippen MR) is 80.2 cm³/mol. The van der Waals surface area contributed by atoms with E-state index >= 15 is 0 Å². The van der Waals surface area contributed by atoms with E-state index in [2.05, 4.69) is 12.2 Å². The Hall–Kier alpha value is -1.68. The van der Waals surface area contributed by atoms with Crippen molar-refractivity contribution in [3.05, 3.63) is 29.5 Å². The molecule has 0 bridgehead atoms. The number of hydrogen-bond acceptors (Lipinski definition) is 4. The Balaban J connectivity index is 2.50. The Morgan fingerprint density at radius 3 is 2.50 bits per heavy atom. The molecule has 1 unspecified atom stereocenters. The number of hydrogen-bond donors (Lipinski definition) is 1. The number of ether oxygens (including phenoxy) is 3. The minimum absolute atomic E-state index is 0.299. The molecule has 1 aromatic rings. The van der Waals surface area contributed by atoms with Crippen molar-refractivity contribution in [3.8, 4) is 11.5 Å². The standard InChI is InChI=1S/C16H23NO3/c1-5-16(7-8-17-2)13-11-15(19-4)14(18-3)10-12(13)6-9-20-16/h6,9-11,17H,5,7-8H2,1-4H3. The SMILES string of the molecule is CCC1(CCNC)OC=Cc2cc(OC)c(OC)cc21. The molecule has 110 valence electrons. The van der Waals surface area contributed by atoms with Gasteiger partial charge in [-0.05, 0) is 43.8 Å². The van der Waals surface area contributed by atoms with Gasteiger partial charge in [-0.15, -0.1) is 0 Å². The lowest BCUT2D eigenvalue weighted by Crippen LogP contribution is -2.33. The summed E-state index contributed by atoms with van der Waals surface area (Å²) in [6.07, 6.45) is 5.58. The quantitative estimate of drug-likeness (QED) is 0.868. The first-order valence-electron chi connectivity index (χ1n) is 6.96. The normalized spacial score (nSPS) is 20.2. The monoisotopic (exact) mass is 277 g/mol. The van der Waals surface area contributed by atoms with Crippen LogP contribution in [0.25, 0.3) is 6.08 Å². The lowest BCUT2D eigenvalue weighted by molar-refractivity contribution is 0.00394. The maximum Gasteiger partial charge on any atom is 0.161 e. The van der Waals surface area contributed by atoms with E-state index in [-0.39, 0.29) is 5.60 Å². The van der Waals surface area contributed by atoms with Crippen LogP contribution in [0.4, 0.5) is 0 Å². The molecule has 1 N–H and O–H groups in total. The molecular formula is C16H23NO3. The number of benzene rings is 1. The highest BCUT2D eigenvalue weighted by Gasteiger charge is 2.36. The van der Waals surface area contributed by atoms with Crippen LogP contribution in [-0.2, 0) is 10.3 Å². The zero-order valence-electron chi connectivity index (χ0n) is 12.7. The van der Waals surface area contributed by atoms with Gasteiger partial charge >= 0.3 is 0 Å². The Morgan fingerprint density at radius 2 is 1.90 bits per heavy atom. The highest BCUT2D eigenvalue weighted by molar-refractivity contribution is 5.63. The van der Waals surface area contributed by atoms with Crippen molar-refractivity contribution in [2.24, 2.45) is 0 Å². The van der Waals surface area contributed by atoms with Gasteiger partial charge in [-0.25, -0.2) is 0 Å². The van der Waals surface area contributed by atoms with Gasteiger partial charge in [0.15, 0.2) is 11.5 Å². The number of fused-ring (bicyclic) bond motifs is 1. The zero-order chi connectivity index (χ0) is 14.6. The molecule has 20 heavy (non-hydrogen) atoms. The maximum atomic E-state index is 6.00. The van der Waals surface area contributed by atoms with Crippen molar-refractivity contribution in [1.29, 1.82) is 0 Å². The molecule has 1 heterocycles. The van der Waals surface area contributed by atoms with Crippen molar-refractivity contribution in [3.63, 3.8) is 0 Å². The second kappa shape index (κ2) is 6.18. The first kappa shape index (κ1) is 14.7. The molecule has 1 aliphatic heterocycles. The summed E-state index contributed by atoms with van der Waals surface area (Å²) in [5, 5.41) is 3.20. The topological polar surface area (TPSA) is 39.7 Å². The van der Waals surface area contributed by atoms with Crippen LogP contribution in [0.5, 0.6) is 11.5 Å². The third kappa shape index (κ3) is 2.48. The van der Waals surface area contributed by atoms with E-state index in [0.717, 1.165) is 42.0 Å². The minimum Gasteiger partial charge on any atom is -0.493 e. The fourth-order valence-electron chi connectivity index (χ4n) is 2.70. The van der Waals surface area contributed by atoms with Crippen molar-refractivity contribution < 1.29 is 14.2 Å². The van der Waals surface area contributed by atoms with Crippen LogP contribution in [0.2, 0.25) is 0 Å². The lowest BCUT2D eigenvalue weighted by atomic mass is 9.83. The van der Waals surface area contributed by atoms with Gasteiger partial charge in [-0.1, -0.05) is 6.92 Å². The summed E-state index contributed by atoms with van der Waals surface area (Å²) in [4.78, 5) is 0. The van der Waals surface area contributed by atoms with E-state index in [1.807, 2.05) is 25.3 Å². The van der Waals surface area contributed by atoms with Gasteiger partial charge in [-0.3, -0.25) is 0 Å². The molecule has 1 atom stereocenters. The summed E-state index contributed by atoms with van der Waals surface area (Å²) in [6, 6.07) is 4.05. The molecule has 0 amide bonds. The second-order valence-corrected chi connectivity index (χ2v) is 4.92. The third-order valence-corrected chi connectivity index (χ3v) is 3.94. The third-order valence-electron chi connectivity index (χ3n) is 3.94. The molecule has 4 heteroatoms. The van der Waals surface area contributed by atoms with Crippen LogP contribution >= 0.6 is 0 Å². The van der Waals surface area contributed by atoms with E-state index in [0.29, 0.717) is 0 Å². The smallest absolute Gasteiger partial charge is 0.161 e. The Kier molecular flexibility index (Phi) is 4.55. The van der Waals surface area contributed by atoms with Gasteiger partial charge in [-0.2, -0.15) is 0 Å². The number of methoxy groups -OCH3 is 2. The van der Waals surface area contributed by atoms with Crippen LogP contribution in [0.1, 0.15) is 30.9 Å². The minimum atomic E-state index is -0.299. The lowest BCUT2D eigenvalue weighted by Gasteiger charge is -2.36. The van der Waals surface area contributed by atoms with Crippen LogP contribution in [0, 0.1) is 0 Å². The molecule has 1 aromatic carbocycles. The summed E-state index contributed by atoms with van der Waals surface area (Å²) in [5.74, 6) is 1.49. The molecule has 0 aliphatic carbocycles. The van der Waals surface area contributed by atoms with Crippen molar-refractivity contribution in [1.82, 2.24) is 5.32 Å². The summed E-state index contributed by atoms with van der Waals surface area (Å²) in [6.45, 7) is 3.05. The average Bonchev–Trinajstić information content (AvgIpc) is 2.51. The summed E-state index contributed by atoms with van der Waals surface area (Å²) in [7, 11) is 5.27. The first-order valence-corrected chi connectivity index (χ1v) is 6.96. The highest BCUT2D eigenvalue weighted by Crippen LogP contribution is 2.43. The van der Waals surface area contributed by atoms with Gasteiger partial charge in [0.25, 0.3) is 0 Å². The molecule has 0 saturated heterocycles. The van der Waals surface area contributed by atoms with Crippen molar-refractivity contribution in [2.75, 3.05) is 27.8 Å². The summed E-state index contributed by atoms with van der Waals surface area (Å²) in [5.41, 5.74) is 1.99. The zero-order valence-corrected chi connectivity index (χ0v) is 12.7. The van der Waals surface area contributed by atoms with Gasteiger partial charge in [0.05, 0.1) is 20.5 Å². The highest BCUT2D eigenvalue weighted by atomic mass is 16.5. The average molecular weight is 277 g/mol. The van der Waals surface area contributed by atoms with Gasteiger partial charge in [0.2, 0.25) is 0 Å². The van der Waals surface area contributed by atoms with E-state index < -0.39 is 0 Å².